The molecule has 756 valence electrons. The summed E-state index contributed by atoms with van der Waals surface area (Å²) in [7, 11) is 8.81. The number of nitrogen functional groups attached to an aromatic ring is 5. The molecule has 0 amide bonds. The zero-order valence-electron chi connectivity index (χ0n) is 83.5. The fraction of sp³-hybridized carbons (Fsp3) is 0.528. The van der Waals surface area contributed by atoms with Crippen molar-refractivity contribution in [1.82, 2.24) is 47.8 Å². The van der Waals surface area contributed by atoms with Crippen LogP contribution in [-0.2, 0) is 35.2 Å². The summed E-state index contributed by atoms with van der Waals surface area (Å²) in [5, 5.41) is 1.85. The Morgan fingerprint density at radius 1 is 0.326 bits per heavy atom. The van der Waals surface area contributed by atoms with Crippen molar-refractivity contribution in [2.24, 2.45) is 115 Å². The molecule has 5 aromatic heterocycles. The van der Waals surface area contributed by atoms with E-state index in [0.717, 1.165) is 158 Å². The molecule has 5 spiro atoms. The molecule has 10 aliphatic rings. The fourth-order valence-electron chi connectivity index (χ4n) is 25.0. The number of halogens is 4. The van der Waals surface area contributed by atoms with E-state index < -0.39 is 0 Å². The number of rotatable bonds is 11. The highest BCUT2D eigenvalue weighted by molar-refractivity contribution is 7.98. The number of nitrogens with zero attached hydrogens (tertiary/aromatic N) is 15. The first-order valence-electron chi connectivity index (χ1n) is 50.2. The highest BCUT2D eigenvalue weighted by Gasteiger charge is 2.52. The fourth-order valence-corrected chi connectivity index (χ4v) is 26.2. The van der Waals surface area contributed by atoms with E-state index in [1.54, 1.807) is 112 Å². The monoisotopic (exact) mass is 2020 g/mol. The minimum absolute atomic E-state index is 0.101. The Kier molecular flexibility index (Phi) is 31.1. The number of piperidine rings is 5. The highest BCUT2D eigenvalue weighted by Crippen LogP contribution is 2.54. The second-order valence-corrected chi connectivity index (χ2v) is 44.8. The van der Waals surface area contributed by atoms with Crippen molar-refractivity contribution in [3.8, 4) is 55.6 Å². The average Bonchev–Trinajstić information content (AvgIpc) is 1.75. The smallest absolute Gasteiger partial charge is 0.264 e. The van der Waals surface area contributed by atoms with Gasteiger partial charge in [-0.1, -0.05) is 159 Å². The lowest BCUT2D eigenvalue weighted by atomic mass is 9.73. The van der Waals surface area contributed by atoms with Crippen LogP contribution in [0.25, 0.3) is 55.6 Å². The molecule has 0 radical (unpaired) electrons. The summed E-state index contributed by atoms with van der Waals surface area (Å²) in [5.41, 5.74) is 70.7. The van der Waals surface area contributed by atoms with Crippen LogP contribution in [0.5, 0.6) is 0 Å². The molecule has 35 heteroatoms. The first-order valence-corrected chi connectivity index (χ1v) is 52.9. The predicted molar refractivity (Wildman–Crippen MR) is 580 cm³/mol. The molecular weight excluding hydrogens is 1880 g/mol. The largest absolute Gasteiger partial charge is 0.383 e. The second kappa shape index (κ2) is 42.2. The summed E-state index contributed by atoms with van der Waals surface area (Å²) in [6.45, 7) is 19.4. The van der Waals surface area contributed by atoms with Crippen LogP contribution in [0, 0.1) is 57.7 Å². The third kappa shape index (κ3) is 20.2. The molecule has 20 N–H and O–H groups in total. The van der Waals surface area contributed by atoms with Gasteiger partial charge in [-0.2, -0.15) is 24.9 Å². The highest BCUT2D eigenvalue weighted by atomic mass is 35.5. The molecule has 10 heterocycles. The first kappa shape index (κ1) is 104. The lowest BCUT2D eigenvalue weighted by Crippen LogP contribution is -2.49. The molecule has 0 unspecified atom stereocenters. The molecule has 5 saturated heterocycles. The van der Waals surface area contributed by atoms with Crippen LogP contribution in [0.4, 0.5) is 58.8 Å². The van der Waals surface area contributed by atoms with Crippen molar-refractivity contribution >= 4 is 117 Å². The lowest BCUT2D eigenvalue weighted by molar-refractivity contribution is 0.185. The van der Waals surface area contributed by atoms with E-state index in [9.17, 15) is 24.0 Å². The van der Waals surface area contributed by atoms with Gasteiger partial charge in [0.15, 0.2) is 0 Å². The van der Waals surface area contributed by atoms with Crippen molar-refractivity contribution in [3.05, 3.63) is 193 Å². The molecule has 20 rings (SSSR count). The maximum atomic E-state index is 13.1. The van der Waals surface area contributed by atoms with Gasteiger partial charge in [0, 0.05) is 151 Å². The second-order valence-electron chi connectivity index (χ2n) is 42.3. The van der Waals surface area contributed by atoms with Gasteiger partial charge in [-0.25, -0.2) is 0 Å². The third-order valence-corrected chi connectivity index (χ3v) is 36.8. The molecule has 5 aliphatic heterocycles. The number of aromatic nitrogens is 10. The van der Waals surface area contributed by atoms with Crippen molar-refractivity contribution in [3.63, 3.8) is 0 Å². The van der Waals surface area contributed by atoms with E-state index in [2.05, 4.69) is 77.1 Å². The standard InChI is InChI=1S/C22H30ClN5O.C22H31N5OS.C21H28ClN5O.C21H29N5O.C20H25Cl2N5O/c1-13-4-5-15(12-16(13)23)17-19(25)26-21(27(3)20(17)29)28-10-8-22(9-11-28)7-6-14(2)18(22)24;1-14-8-9-22(18(14)23)10-12-27(13-11-22)21-25-19(24)17(20(28)26(21)2)15-4-6-16(29-3)7-5-15;1-13-6-7-21(17(13)23)8-10-27(11-9-21)20-25-18(24)16(19(28)26(20)2)14-4-3-5-15(22)12-14;1-14-8-9-21(17(14)22)10-12-26(13-11-21)20-24-18(23)16(19(27)25(20)2)15-6-4-3-5-7-15;1-26-18(28)15(12-4-2-5-13(21)16(12)22)17(24)25-19(26)27-10-8-20(9-11-27)7-3-6-14(20)23/h4-5,12,14,18H,6-11,24-25H2,1-3H3;4-7,14,18H,8-13,23-24H2,1-3H3;3-5,12-13,17H,6-11,23-24H2,1-2H3;3-7,14,17H,8-13,22-23H2,1-2H3;2,4-5,14H,3,6-11,23-24H2,1H3/t2*14-,18-;13-,17-;14-,17-;14-/m11111/s1. The number of hydrogen-bond donors (Lipinski definition) is 10. The Morgan fingerprint density at radius 3 is 0.936 bits per heavy atom. The minimum atomic E-state index is -0.232. The Labute approximate surface area is 851 Å². The topological polar surface area (TPSA) is 451 Å². The van der Waals surface area contributed by atoms with Crippen LogP contribution in [0.2, 0.25) is 20.1 Å². The van der Waals surface area contributed by atoms with E-state index in [0.29, 0.717) is 124 Å². The molecular formula is C106H143Cl4N25O5S. The normalized spacial score (nSPS) is 23.5. The van der Waals surface area contributed by atoms with Crippen LogP contribution in [0.3, 0.4) is 0 Å². The van der Waals surface area contributed by atoms with E-state index in [1.165, 1.54) is 64.2 Å². The molecule has 30 nitrogen and oxygen atoms in total. The molecule has 5 saturated carbocycles. The Bertz CT molecular complexity index is 6550. The number of thioether (sulfide) groups is 1. The zero-order chi connectivity index (χ0) is 101. The van der Waals surface area contributed by atoms with Crippen molar-refractivity contribution in [1.29, 1.82) is 0 Å². The van der Waals surface area contributed by atoms with E-state index in [-0.39, 0.29) is 108 Å². The van der Waals surface area contributed by atoms with Crippen molar-refractivity contribution in [2.75, 3.05) is 125 Å². The predicted octanol–water partition coefficient (Wildman–Crippen LogP) is 15.3. The quantitative estimate of drug-likeness (QED) is 0.0538. The average molecular weight is 2020 g/mol. The molecule has 5 aromatic carbocycles. The zero-order valence-corrected chi connectivity index (χ0v) is 87.4. The summed E-state index contributed by atoms with van der Waals surface area (Å²) >= 11 is 26.4. The van der Waals surface area contributed by atoms with Crippen LogP contribution in [-0.4, -0.2) is 150 Å². The van der Waals surface area contributed by atoms with Gasteiger partial charge >= 0.3 is 0 Å². The Hall–Kier alpha value is -10.2. The van der Waals surface area contributed by atoms with Gasteiger partial charge in [-0.3, -0.25) is 46.8 Å². The molecule has 0 bridgehead atoms. The van der Waals surface area contributed by atoms with Gasteiger partial charge in [0.1, 0.15) is 29.1 Å². The molecule has 9 atom stereocenters. The van der Waals surface area contributed by atoms with Crippen LogP contribution in [0.1, 0.15) is 168 Å². The van der Waals surface area contributed by atoms with E-state index in [4.69, 9.17) is 104 Å². The maximum Gasteiger partial charge on any atom is 0.264 e. The molecule has 10 fully saturated rings. The first-order chi connectivity index (χ1) is 67.2. The van der Waals surface area contributed by atoms with Crippen molar-refractivity contribution < 1.29 is 0 Å². The lowest BCUT2D eigenvalue weighted by Gasteiger charge is -2.43. The summed E-state index contributed by atoms with van der Waals surface area (Å²) in [6, 6.07) is 36.6. The van der Waals surface area contributed by atoms with E-state index in [1.807, 2.05) is 86.0 Å². The SMILES string of the molecule is CSc1ccc(-c2c(N)nc(N3CCC4(CC[C@@H](C)[C@H]4N)CC3)n(C)c2=O)cc1.C[C@@H]1CCC2(CCN(c3nc(N)c(-c4cccc(Cl)c4)c(=O)n3C)CC2)[C@@H]1N.C[C@@H]1CCC2(CCN(c3nc(N)c(-c4ccccc4)c(=O)n3C)CC2)[C@@H]1N.Cc1ccc(-c2c(N)nc(N3CCC4(CC[C@@H](C)[C@H]4N)CC3)n(C)c2=O)cc1Cl.Cn1c(N2CCC3(CCC[C@H]3N)CC2)nc(N)c(-c2cccc(Cl)c2Cl)c1=O. The minimum Gasteiger partial charge on any atom is -0.383 e. The van der Waals surface area contributed by atoms with Gasteiger partial charge in [0.05, 0.1) is 37.9 Å². The number of nitrogens with two attached hydrogens (primary N) is 10. The number of benzene rings is 5. The molecule has 10 aromatic rings. The third-order valence-electron chi connectivity index (χ3n) is 34.6. The number of anilines is 10. The van der Waals surface area contributed by atoms with Gasteiger partial charge in [-0.15, -0.1) is 11.8 Å². The number of aryl methyl sites for hydroxylation is 1. The molecule has 141 heavy (non-hydrogen) atoms. The summed E-state index contributed by atoms with van der Waals surface area (Å²) in [5.74, 6) is 6.77. The van der Waals surface area contributed by atoms with Crippen LogP contribution >= 0.6 is 58.2 Å². The summed E-state index contributed by atoms with van der Waals surface area (Å²) < 4.78 is 8.03. The van der Waals surface area contributed by atoms with Gasteiger partial charge in [0.2, 0.25) is 29.7 Å². The van der Waals surface area contributed by atoms with Gasteiger partial charge in [-0.05, 0) is 257 Å². The summed E-state index contributed by atoms with van der Waals surface area (Å²) in [6.07, 6.45) is 25.6. The van der Waals surface area contributed by atoms with E-state index >= 15 is 0 Å². The van der Waals surface area contributed by atoms with Crippen LogP contribution < -0.4 is 110 Å². The van der Waals surface area contributed by atoms with Gasteiger partial charge < -0.3 is 81.8 Å². The summed E-state index contributed by atoms with van der Waals surface area (Å²) in [4.78, 5) is 101. The maximum absolute atomic E-state index is 13.1. The van der Waals surface area contributed by atoms with Gasteiger partial charge in [0.25, 0.3) is 27.8 Å². The molecule has 5 aliphatic carbocycles. The van der Waals surface area contributed by atoms with Crippen LogP contribution in [0.15, 0.2) is 144 Å². The Balaban J connectivity index is 0.000000127. The van der Waals surface area contributed by atoms with Crippen molar-refractivity contribution in [2.45, 2.75) is 205 Å². The number of hydrogen-bond acceptors (Lipinski definition) is 26. The Morgan fingerprint density at radius 2 is 0.624 bits per heavy atom.